The Hall–Kier alpha value is -2.18. The van der Waals surface area contributed by atoms with Crippen molar-refractivity contribution in [3.63, 3.8) is 0 Å². The van der Waals surface area contributed by atoms with Gasteiger partial charge in [0.15, 0.2) is 0 Å². The molecule has 1 aliphatic rings. The van der Waals surface area contributed by atoms with Gasteiger partial charge in [-0.1, -0.05) is 30.3 Å². The average molecular weight is 400 g/mol. The molecule has 0 bridgehead atoms. The fraction of sp³-hybridized carbons (Fsp3) is 0.455. The lowest BCUT2D eigenvalue weighted by Gasteiger charge is -2.41. The molecule has 0 radical (unpaired) electrons. The topological polar surface area (TPSA) is 61.4 Å². The van der Waals surface area contributed by atoms with Crippen LogP contribution in [0.4, 0.5) is 0 Å². The highest BCUT2D eigenvalue weighted by Gasteiger charge is 2.29. The smallest absolute Gasteiger partial charge is 0.261 e. The number of thiophene rings is 1. The molecule has 0 aliphatic carbocycles. The lowest BCUT2D eigenvalue weighted by Crippen LogP contribution is -2.53. The number of rotatable bonds is 8. The van der Waals surface area contributed by atoms with E-state index in [-0.39, 0.29) is 17.4 Å². The van der Waals surface area contributed by atoms with E-state index in [1.807, 2.05) is 11.4 Å². The monoisotopic (exact) mass is 399 g/mol. The molecule has 2 amide bonds. The molecule has 5 nitrogen and oxygen atoms in total. The van der Waals surface area contributed by atoms with Gasteiger partial charge in [-0.2, -0.15) is 0 Å². The van der Waals surface area contributed by atoms with Crippen molar-refractivity contribution in [2.75, 3.05) is 19.6 Å². The highest BCUT2D eigenvalue weighted by Crippen LogP contribution is 2.24. The van der Waals surface area contributed by atoms with Crippen LogP contribution in [-0.4, -0.2) is 41.9 Å². The molecule has 2 aromatic rings. The van der Waals surface area contributed by atoms with Crippen molar-refractivity contribution < 1.29 is 9.59 Å². The Kier molecular flexibility index (Phi) is 6.86. The van der Waals surface area contributed by atoms with Gasteiger partial charge in [-0.15, -0.1) is 11.3 Å². The predicted molar refractivity (Wildman–Crippen MR) is 114 cm³/mol. The van der Waals surface area contributed by atoms with Crippen molar-refractivity contribution in [3.8, 4) is 0 Å². The summed E-state index contributed by atoms with van der Waals surface area (Å²) in [6.45, 7) is 7.43. The van der Waals surface area contributed by atoms with Gasteiger partial charge in [-0.25, -0.2) is 0 Å². The zero-order valence-corrected chi connectivity index (χ0v) is 17.5. The molecule has 0 fully saturated rings. The largest absolute Gasteiger partial charge is 0.354 e. The van der Waals surface area contributed by atoms with Crippen LogP contribution < -0.4 is 10.6 Å². The third-order valence-electron chi connectivity index (χ3n) is 5.32. The highest BCUT2D eigenvalue weighted by molar-refractivity contribution is 7.12. The van der Waals surface area contributed by atoms with Crippen LogP contribution in [-0.2, 0) is 17.8 Å². The van der Waals surface area contributed by atoms with Gasteiger partial charge in [0.2, 0.25) is 5.91 Å². The molecular weight excluding hydrogens is 370 g/mol. The normalized spacial score (nSPS) is 14.4. The summed E-state index contributed by atoms with van der Waals surface area (Å²) in [6, 6.07) is 12.2. The summed E-state index contributed by atoms with van der Waals surface area (Å²) in [7, 11) is 0. The number of benzene rings is 1. The predicted octanol–water partition coefficient (Wildman–Crippen LogP) is 3.21. The van der Waals surface area contributed by atoms with Crippen molar-refractivity contribution in [1.82, 2.24) is 15.5 Å². The first kappa shape index (κ1) is 20.6. The summed E-state index contributed by atoms with van der Waals surface area (Å²) in [5, 5.41) is 7.81. The Bertz CT molecular complexity index is 802. The quantitative estimate of drug-likeness (QED) is 0.670. The molecule has 150 valence electrons. The van der Waals surface area contributed by atoms with E-state index in [1.165, 1.54) is 22.5 Å². The van der Waals surface area contributed by atoms with Crippen molar-refractivity contribution in [3.05, 3.63) is 57.8 Å². The standard InChI is InChI=1S/C22H29N3O2S/c1-22(2,25-13-11-17-7-3-4-8-18(17)15-25)16-24-20(26)10-5-12-23-21(27)19-9-6-14-28-19/h3-4,6-9,14H,5,10-13,15-16H2,1-2H3,(H,23,27)(H,24,26). The summed E-state index contributed by atoms with van der Waals surface area (Å²) in [5.74, 6) is -0.0298. The first-order valence-electron chi connectivity index (χ1n) is 9.86. The summed E-state index contributed by atoms with van der Waals surface area (Å²) >= 11 is 1.42. The second kappa shape index (κ2) is 9.34. The average Bonchev–Trinajstić information content (AvgIpc) is 3.24. The number of nitrogens with one attached hydrogen (secondary N) is 2. The lowest BCUT2D eigenvalue weighted by molar-refractivity contribution is -0.121. The van der Waals surface area contributed by atoms with E-state index in [9.17, 15) is 9.59 Å². The Morgan fingerprint density at radius 2 is 1.89 bits per heavy atom. The Morgan fingerprint density at radius 1 is 1.11 bits per heavy atom. The van der Waals surface area contributed by atoms with Gasteiger partial charge in [0.25, 0.3) is 5.91 Å². The molecular formula is C22H29N3O2S. The lowest BCUT2D eigenvalue weighted by atomic mass is 9.94. The van der Waals surface area contributed by atoms with E-state index in [2.05, 4.69) is 53.6 Å². The van der Waals surface area contributed by atoms with Gasteiger partial charge in [0.05, 0.1) is 4.88 Å². The number of amides is 2. The summed E-state index contributed by atoms with van der Waals surface area (Å²) in [4.78, 5) is 27.2. The summed E-state index contributed by atoms with van der Waals surface area (Å²) < 4.78 is 0. The summed E-state index contributed by atoms with van der Waals surface area (Å²) in [6.07, 6.45) is 2.11. The summed E-state index contributed by atoms with van der Waals surface area (Å²) in [5.41, 5.74) is 2.72. The van der Waals surface area contributed by atoms with Crippen molar-refractivity contribution in [2.24, 2.45) is 0 Å². The zero-order valence-electron chi connectivity index (χ0n) is 16.7. The van der Waals surface area contributed by atoms with E-state index >= 15 is 0 Å². The van der Waals surface area contributed by atoms with E-state index in [4.69, 9.17) is 0 Å². The molecule has 0 saturated heterocycles. The molecule has 6 heteroatoms. The van der Waals surface area contributed by atoms with Gasteiger partial charge in [0, 0.05) is 38.1 Å². The van der Waals surface area contributed by atoms with E-state index in [0.29, 0.717) is 30.8 Å². The van der Waals surface area contributed by atoms with E-state index in [0.717, 1.165) is 19.5 Å². The Labute approximate surface area is 171 Å². The minimum Gasteiger partial charge on any atom is -0.354 e. The molecule has 1 aromatic carbocycles. The van der Waals surface area contributed by atoms with E-state index < -0.39 is 0 Å². The van der Waals surface area contributed by atoms with Crippen LogP contribution >= 0.6 is 11.3 Å². The number of fused-ring (bicyclic) bond motifs is 1. The molecule has 1 aliphatic heterocycles. The van der Waals surface area contributed by atoms with Crippen molar-refractivity contribution in [1.29, 1.82) is 0 Å². The molecule has 0 unspecified atom stereocenters. The van der Waals surface area contributed by atoms with Crippen LogP contribution in [0.1, 0.15) is 47.5 Å². The van der Waals surface area contributed by atoms with Crippen LogP contribution in [0.2, 0.25) is 0 Å². The van der Waals surface area contributed by atoms with E-state index in [1.54, 1.807) is 6.07 Å². The maximum atomic E-state index is 12.2. The second-order valence-corrected chi connectivity index (χ2v) is 8.81. The number of nitrogens with zero attached hydrogens (tertiary/aromatic N) is 1. The zero-order chi connectivity index (χ0) is 20.0. The molecule has 3 rings (SSSR count). The molecule has 1 aromatic heterocycles. The fourth-order valence-corrected chi connectivity index (χ4v) is 4.11. The molecule has 0 saturated carbocycles. The Morgan fingerprint density at radius 3 is 2.64 bits per heavy atom. The van der Waals surface area contributed by atoms with Gasteiger partial charge in [-0.3, -0.25) is 14.5 Å². The molecule has 28 heavy (non-hydrogen) atoms. The van der Waals surface area contributed by atoms with Crippen molar-refractivity contribution in [2.45, 2.75) is 45.2 Å². The maximum absolute atomic E-state index is 12.2. The number of hydrogen-bond acceptors (Lipinski definition) is 4. The van der Waals surface area contributed by atoms with Crippen molar-refractivity contribution >= 4 is 23.2 Å². The molecule has 2 N–H and O–H groups in total. The minimum atomic E-state index is -0.101. The van der Waals surface area contributed by atoms with Gasteiger partial charge in [-0.05, 0) is 49.3 Å². The van der Waals surface area contributed by atoms with Gasteiger partial charge >= 0.3 is 0 Å². The Balaban J connectivity index is 1.37. The van der Waals surface area contributed by atoms with Crippen LogP contribution in [0, 0.1) is 0 Å². The van der Waals surface area contributed by atoms with Crippen LogP contribution in [0.25, 0.3) is 0 Å². The first-order valence-corrected chi connectivity index (χ1v) is 10.7. The molecule has 0 spiro atoms. The van der Waals surface area contributed by atoms with Crippen LogP contribution in [0.3, 0.4) is 0 Å². The first-order chi connectivity index (χ1) is 13.5. The number of carbonyl (C=O) groups is 2. The van der Waals surface area contributed by atoms with Crippen LogP contribution in [0.5, 0.6) is 0 Å². The number of carbonyl (C=O) groups excluding carboxylic acids is 2. The maximum Gasteiger partial charge on any atom is 0.261 e. The minimum absolute atomic E-state index is 0.0378. The SMILES string of the molecule is CC(C)(CNC(=O)CCCNC(=O)c1cccs1)N1CCc2ccccc2C1. The fourth-order valence-electron chi connectivity index (χ4n) is 3.47. The third kappa shape index (κ3) is 5.42. The molecule has 0 atom stereocenters. The molecule has 2 heterocycles. The number of hydrogen-bond donors (Lipinski definition) is 2. The second-order valence-electron chi connectivity index (χ2n) is 7.87. The third-order valence-corrected chi connectivity index (χ3v) is 6.18. The van der Waals surface area contributed by atoms with Crippen LogP contribution in [0.15, 0.2) is 41.8 Å². The van der Waals surface area contributed by atoms with Gasteiger partial charge in [0.1, 0.15) is 0 Å². The van der Waals surface area contributed by atoms with Gasteiger partial charge < -0.3 is 10.6 Å². The highest BCUT2D eigenvalue weighted by atomic mass is 32.1.